The van der Waals surface area contributed by atoms with E-state index < -0.39 is 12.1 Å². The topological polar surface area (TPSA) is 92.7 Å². The van der Waals surface area contributed by atoms with E-state index in [1.807, 2.05) is 50.2 Å². The number of nitrogens with zero attached hydrogens (tertiary/aromatic N) is 3. The summed E-state index contributed by atoms with van der Waals surface area (Å²) in [4.78, 5) is 35.4. The summed E-state index contributed by atoms with van der Waals surface area (Å²) in [5, 5.41) is 3.47. The molecule has 0 bridgehead atoms. The Morgan fingerprint density at radius 2 is 1.77 bits per heavy atom. The number of aliphatic imine (C=N–C) groups is 1. The fourth-order valence-electron chi connectivity index (χ4n) is 5.44. The number of benzene rings is 3. The van der Waals surface area contributed by atoms with Gasteiger partial charge in [0.15, 0.2) is 0 Å². The van der Waals surface area contributed by atoms with Crippen molar-refractivity contribution in [3.05, 3.63) is 76.3 Å². The number of methoxy groups -OCH3 is 2. The van der Waals surface area contributed by atoms with Gasteiger partial charge >= 0.3 is 6.03 Å². The minimum atomic E-state index is -0.507. The Morgan fingerprint density at radius 3 is 2.46 bits per heavy atom. The van der Waals surface area contributed by atoms with Crippen LogP contribution in [0, 0.1) is 0 Å². The molecule has 39 heavy (non-hydrogen) atoms. The standard InChI is InChI=1S/C29H27ClN4O5/c1-15(2)39-20-13-21(38-4)25-27-23(20)28-32-24(17-6-5-7-19(12-17)37-3)26(16-8-10-18(30)11-9-16)34(28)29(36)33(27)14-22(35)31-25/h5-13,15,24,26H,14H2,1-4H3,(H,31,35). The maximum absolute atomic E-state index is 14.3. The first kappa shape index (κ1) is 25.1. The molecule has 9 nitrogen and oxygen atoms in total. The zero-order chi connectivity index (χ0) is 27.4. The van der Waals surface area contributed by atoms with Gasteiger partial charge in [-0.2, -0.15) is 0 Å². The number of urea groups is 1. The lowest BCUT2D eigenvalue weighted by atomic mass is 9.93. The van der Waals surface area contributed by atoms with Crippen LogP contribution in [0.15, 0.2) is 59.6 Å². The van der Waals surface area contributed by atoms with Crippen molar-refractivity contribution in [2.75, 3.05) is 31.0 Å². The highest BCUT2D eigenvalue weighted by molar-refractivity contribution is 6.30. The van der Waals surface area contributed by atoms with Crippen molar-refractivity contribution in [3.8, 4) is 17.2 Å². The Balaban J connectivity index is 1.63. The number of carbonyl (C=O) groups is 2. The normalized spacial score (nSPS) is 19.4. The Kier molecular flexibility index (Phi) is 6.10. The summed E-state index contributed by atoms with van der Waals surface area (Å²) >= 11 is 6.22. The third-order valence-corrected chi connectivity index (χ3v) is 7.27. The highest BCUT2D eigenvalue weighted by Crippen LogP contribution is 2.54. The molecule has 0 aromatic heterocycles. The van der Waals surface area contributed by atoms with Crippen LogP contribution in [-0.2, 0) is 4.79 Å². The highest BCUT2D eigenvalue weighted by Gasteiger charge is 2.51. The molecule has 3 amide bonds. The summed E-state index contributed by atoms with van der Waals surface area (Å²) in [6.45, 7) is 3.71. The molecule has 2 unspecified atom stereocenters. The minimum absolute atomic E-state index is 0.145. The second-order valence-electron chi connectivity index (χ2n) is 9.80. The molecule has 0 saturated heterocycles. The first-order valence-corrected chi connectivity index (χ1v) is 13.0. The maximum Gasteiger partial charge on any atom is 0.331 e. The number of fused-ring (bicyclic) bond motifs is 2. The SMILES string of the molecule is COc1cccc(C2N=C3c4c(OC(C)C)cc(OC)c5c4N(CC(=O)N5)C(=O)N3C2c2ccc(Cl)cc2)c1. The lowest BCUT2D eigenvalue weighted by Gasteiger charge is -2.42. The quantitative estimate of drug-likeness (QED) is 0.435. The first-order valence-electron chi connectivity index (χ1n) is 12.6. The van der Waals surface area contributed by atoms with Gasteiger partial charge in [-0.3, -0.25) is 19.6 Å². The van der Waals surface area contributed by atoms with Crippen LogP contribution in [-0.4, -0.2) is 49.5 Å². The molecule has 10 heteroatoms. The lowest BCUT2D eigenvalue weighted by Crippen LogP contribution is -2.55. The molecule has 0 spiro atoms. The Bertz CT molecular complexity index is 1520. The van der Waals surface area contributed by atoms with Gasteiger partial charge in [0, 0.05) is 11.1 Å². The van der Waals surface area contributed by atoms with Crippen LogP contribution in [0.2, 0.25) is 5.02 Å². The van der Waals surface area contributed by atoms with Crippen LogP contribution < -0.4 is 24.4 Å². The van der Waals surface area contributed by atoms with Crippen LogP contribution in [0.5, 0.6) is 17.2 Å². The summed E-state index contributed by atoms with van der Waals surface area (Å²) < 4.78 is 17.4. The number of halogens is 1. The molecular formula is C29H27ClN4O5. The average Bonchev–Trinajstić information content (AvgIpc) is 3.32. The summed E-state index contributed by atoms with van der Waals surface area (Å²) in [6.07, 6.45) is -0.162. The van der Waals surface area contributed by atoms with E-state index in [1.54, 1.807) is 30.2 Å². The number of amidine groups is 1. The van der Waals surface area contributed by atoms with Gasteiger partial charge in [-0.25, -0.2) is 4.79 Å². The molecule has 3 aromatic carbocycles. The van der Waals surface area contributed by atoms with Crippen LogP contribution in [0.1, 0.15) is 42.6 Å². The molecule has 2 atom stereocenters. The van der Waals surface area contributed by atoms with Crippen molar-refractivity contribution in [1.82, 2.24) is 4.90 Å². The molecule has 3 aliphatic rings. The predicted molar refractivity (Wildman–Crippen MR) is 148 cm³/mol. The number of amides is 3. The molecule has 3 aliphatic heterocycles. The number of carbonyl (C=O) groups excluding carboxylic acids is 2. The number of rotatable bonds is 6. The van der Waals surface area contributed by atoms with Crippen molar-refractivity contribution in [1.29, 1.82) is 0 Å². The second kappa shape index (κ2) is 9.50. The van der Waals surface area contributed by atoms with E-state index in [1.165, 1.54) is 12.0 Å². The molecule has 0 radical (unpaired) electrons. The summed E-state index contributed by atoms with van der Waals surface area (Å²) in [7, 11) is 3.13. The fourth-order valence-corrected chi connectivity index (χ4v) is 5.56. The Hall–Kier alpha value is -4.24. The van der Waals surface area contributed by atoms with Crippen LogP contribution in [0.4, 0.5) is 16.2 Å². The average molecular weight is 547 g/mol. The van der Waals surface area contributed by atoms with Crippen molar-refractivity contribution >= 4 is 40.7 Å². The number of hydrogen-bond acceptors (Lipinski definition) is 6. The lowest BCUT2D eigenvalue weighted by molar-refractivity contribution is -0.115. The summed E-state index contributed by atoms with van der Waals surface area (Å²) in [5.41, 5.74) is 3.29. The van der Waals surface area contributed by atoms with Gasteiger partial charge in [-0.1, -0.05) is 35.9 Å². The number of anilines is 2. The minimum Gasteiger partial charge on any atom is -0.497 e. The maximum atomic E-state index is 14.3. The van der Waals surface area contributed by atoms with Gasteiger partial charge in [0.1, 0.15) is 41.4 Å². The highest BCUT2D eigenvalue weighted by atomic mass is 35.5. The van der Waals surface area contributed by atoms with E-state index in [-0.39, 0.29) is 24.6 Å². The van der Waals surface area contributed by atoms with Gasteiger partial charge in [0.05, 0.1) is 37.6 Å². The van der Waals surface area contributed by atoms with Gasteiger partial charge in [0.2, 0.25) is 5.91 Å². The predicted octanol–water partition coefficient (Wildman–Crippen LogP) is 5.58. The first-order chi connectivity index (χ1) is 18.8. The smallest absolute Gasteiger partial charge is 0.331 e. The van der Waals surface area contributed by atoms with Gasteiger partial charge in [-0.05, 0) is 49.2 Å². The largest absolute Gasteiger partial charge is 0.497 e. The van der Waals surface area contributed by atoms with E-state index in [9.17, 15) is 9.59 Å². The molecular weight excluding hydrogens is 520 g/mol. The summed E-state index contributed by atoms with van der Waals surface area (Å²) in [5.74, 6) is 1.75. The van der Waals surface area contributed by atoms with E-state index >= 15 is 0 Å². The second-order valence-corrected chi connectivity index (χ2v) is 10.2. The molecule has 0 fully saturated rings. The summed E-state index contributed by atoms with van der Waals surface area (Å²) in [6, 6.07) is 15.5. The molecule has 3 aromatic rings. The van der Waals surface area contributed by atoms with Gasteiger partial charge in [0.25, 0.3) is 0 Å². The van der Waals surface area contributed by atoms with Crippen molar-refractivity contribution < 1.29 is 23.8 Å². The van der Waals surface area contributed by atoms with Gasteiger partial charge in [-0.15, -0.1) is 0 Å². The molecule has 0 saturated carbocycles. The van der Waals surface area contributed by atoms with E-state index in [2.05, 4.69) is 5.32 Å². The zero-order valence-corrected chi connectivity index (χ0v) is 22.7. The Labute approximate surface area is 230 Å². The monoisotopic (exact) mass is 546 g/mol. The third-order valence-electron chi connectivity index (χ3n) is 7.02. The third kappa shape index (κ3) is 4.04. The van der Waals surface area contributed by atoms with Crippen molar-refractivity contribution in [3.63, 3.8) is 0 Å². The van der Waals surface area contributed by atoms with E-state index in [0.29, 0.717) is 45.0 Å². The zero-order valence-electron chi connectivity index (χ0n) is 21.9. The van der Waals surface area contributed by atoms with Crippen LogP contribution >= 0.6 is 11.6 Å². The molecule has 1 N–H and O–H groups in total. The van der Waals surface area contributed by atoms with E-state index in [0.717, 1.165) is 11.1 Å². The van der Waals surface area contributed by atoms with Gasteiger partial charge < -0.3 is 19.5 Å². The van der Waals surface area contributed by atoms with Crippen LogP contribution in [0.25, 0.3) is 0 Å². The number of ether oxygens (including phenoxy) is 3. The molecule has 3 heterocycles. The van der Waals surface area contributed by atoms with Crippen molar-refractivity contribution in [2.45, 2.75) is 32.0 Å². The molecule has 6 rings (SSSR count). The van der Waals surface area contributed by atoms with Crippen LogP contribution in [0.3, 0.4) is 0 Å². The van der Waals surface area contributed by atoms with Crippen molar-refractivity contribution in [2.24, 2.45) is 4.99 Å². The molecule has 0 aliphatic carbocycles. The number of hydrogen-bond donors (Lipinski definition) is 1. The van der Waals surface area contributed by atoms with E-state index in [4.69, 9.17) is 30.8 Å². The fraction of sp³-hybridized carbons (Fsp3) is 0.276. The number of nitrogens with one attached hydrogen (secondary N) is 1. The molecule has 200 valence electrons. The Morgan fingerprint density at radius 1 is 1.00 bits per heavy atom.